The maximum atomic E-state index is 5.40. The van der Waals surface area contributed by atoms with Gasteiger partial charge in [-0.05, 0) is 13.3 Å². The van der Waals surface area contributed by atoms with E-state index < -0.39 is 0 Å². The predicted molar refractivity (Wildman–Crippen MR) is 82.5 cm³/mol. The van der Waals surface area contributed by atoms with Gasteiger partial charge in [0, 0.05) is 18.3 Å². The van der Waals surface area contributed by atoms with Gasteiger partial charge >= 0.3 is 6.01 Å². The molecule has 114 valence electrons. The Bertz CT molecular complexity index is 574. The summed E-state index contributed by atoms with van der Waals surface area (Å²) in [6.07, 6.45) is 1.68. The zero-order chi connectivity index (χ0) is 15.1. The summed E-state index contributed by atoms with van der Waals surface area (Å²) in [4.78, 5) is 16.7. The van der Waals surface area contributed by atoms with Gasteiger partial charge in [0.2, 0.25) is 11.9 Å². The Hall–Kier alpha value is -2.00. The number of aryl methyl sites for hydroxylation is 1. The van der Waals surface area contributed by atoms with Crippen molar-refractivity contribution < 1.29 is 4.74 Å². The predicted octanol–water partition coefficient (Wildman–Crippen LogP) is 1.37. The van der Waals surface area contributed by atoms with Gasteiger partial charge in [-0.25, -0.2) is 10.8 Å². The van der Waals surface area contributed by atoms with Crippen LogP contribution in [0.1, 0.15) is 24.0 Å². The molecule has 0 aromatic carbocycles. The standard InChI is InChI=1S/C12H19N7OS/c1-3-6-20-12-17-10(16-11(18-12)19-13)14-5-4-9-7-21-8(2)15-9/h7H,3-6,13H2,1-2H3,(H2,14,16,17,18,19). The summed E-state index contributed by atoms with van der Waals surface area (Å²) in [6.45, 7) is 5.22. The molecule has 0 spiro atoms. The average molecular weight is 309 g/mol. The number of anilines is 2. The molecule has 2 rings (SSSR count). The number of hydrazine groups is 1. The first-order chi connectivity index (χ1) is 10.2. The van der Waals surface area contributed by atoms with Gasteiger partial charge in [0.1, 0.15) is 0 Å². The molecule has 0 unspecified atom stereocenters. The van der Waals surface area contributed by atoms with Gasteiger partial charge in [0.15, 0.2) is 0 Å². The highest BCUT2D eigenvalue weighted by Gasteiger charge is 2.07. The minimum atomic E-state index is 0.256. The number of aromatic nitrogens is 4. The van der Waals surface area contributed by atoms with Crippen molar-refractivity contribution in [3.8, 4) is 6.01 Å². The van der Waals surface area contributed by atoms with E-state index in [1.165, 1.54) is 0 Å². The van der Waals surface area contributed by atoms with Crippen molar-refractivity contribution in [1.29, 1.82) is 0 Å². The highest BCUT2D eigenvalue weighted by Crippen LogP contribution is 2.12. The molecule has 0 aliphatic heterocycles. The van der Waals surface area contributed by atoms with Crippen molar-refractivity contribution >= 4 is 23.2 Å². The van der Waals surface area contributed by atoms with Gasteiger partial charge in [-0.15, -0.1) is 11.3 Å². The number of thiazole rings is 1. The molecular formula is C12H19N7OS. The fraction of sp³-hybridized carbons (Fsp3) is 0.500. The number of nitrogens with one attached hydrogen (secondary N) is 2. The summed E-state index contributed by atoms with van der Waals surface area (Å²) >= 11 is 1.64. The van der Waals surface area contributed by atoms with Crippen LogP contribution >= 0.6 is 11.3 Å². The smallest absolute Gasteiger partial charge is 0.323 e. The normalized spacial score (nSPS) is 10.4. The molecule has 0 atom stereocenters. The van der Waals surface area contributed by atoms with Gasteiger partial charge in [0.25, 0.3) is 0 Å². The van der Waals surface area contributed by atoms with Crippen molar-refractivity contribution in [2.24, 2.45) is 5.84 Å². The molecule has 2 heterocycles. The third-order valence-corrected chi connectivity index (χ3v) is 3.33. The first-order valence-corrected chi connectivity index (χ1v) is 7.59. The Balaban J connectivity index is 1.94. The zero-order valence-electron chi connectivity index (χ0n) is 12.1. The molecule has 0 amide bonds. The Morgan fingerprint density at radius 2 is 2.05 bits per heavy atom. The summed E-state index contributed by atoms with van der Waals surface area (Å²) in [5.41, 5.74) is 3.46. The lowest BCUT2D eigenvalue weighted by Crippen LogP contribution is -2.15. The molecule has 2 aromatic rings. The van der Waals surface area contributed by atoms with Crippen molar-refractivity contribution in [2.75, 3.05) is 23.9 Å². The maximum absolute atomic E-state index is 5.40. The van der Waals surface area contributed by atoms with Crippen LogP contribution in [-0.2, 0) is 6.42 Å². The average Bonchev–Trinajstić information content (AvgIpc) is 2.90. The fourth-order valence-electron chi connectivity index (χ4n) is 1.58. The second kappa shape index (κ2) is 7.70. The molecule has 0 fully saturated rings. The number of nitrogens with zero attached hydrogens (tertiary/aromatic N) is 4. The third-order valence-electron chi connectivity index (χ3n) is 2.51. The van der Waals surface area contributed by atoms with E-state index in [-0.39, 0.29) is 12.0 Å². The SMILES string of the molecule is CCCOc1nc(NN)nc(NCCc2csc(C)n2)n1. The van der Waals surface area contributed by atoms with Gasteiger partial charge in [0.05, 0.1) is 17.3 Å². The van der Waals surface area contributed by atoms with Crippen molar-refractivity contribution in [3.05, 3.63) is 16.1 Å². The first-order valence-electron chi connectivity index (χ1n) is 6.71. The van der Waals surface area contributed by atoms with Crippen LogP contribution in [0.15, 0.2) is 5.38 Å². The Morgan fingerprint density at radius 1 is 1.24 bits per heavy atom. The molecule has 0 bridgehead atoms. The summed E-state index contributed by atoms with van der Waals surface area (Å²) in [5.74, 6) is 6.04. The monoisotopic (exact) mass is 309 g/mol. The van der Waals surface area contributed by atoms with Crippen LogP contribution in [0.4, 0.5) is 11.9 Å². The minimum absolute atomic E-state index is 0.256. The van der Waals surface area contributed by atoms with Crippen LogP contribution in [0.5, 0.6) is 6.01 Å². The second-order valence-electron chi connectivity index (χ2n) is 4.29. The summed E-state index contributed by atoms with van der Waals surface area (Å²) in [7, 11) is 0. The molecule has 21 heavy (non-hydrogen) atoms. The molecule has 8 nitrogen and oxygen atoms in total. The number of ether oxygens (including phenoxy) is 1. The first kappa shape index (κ1) is 15.4. The second-order valence-corrected chi connectivity index (χ2v) is 5.35. The van der Waals surface area contributed by atoms with Crippen molar-refractivity contribution in [3.63, 3.8) is 0 Å². The van der Waals surface area contributed by atoms with Crippen LogP contribution in [0.3, 0.4) is 0 Å². The molecule has 0 aliphatic rings. The van der Waals surface area contributed by atoms with E-state index in [2.05, 4.69) is 30.7 Å². The van der Waals surface area contributed by atoms with Crippen LogP contribution in [-0.4, -0.2) is 33.1 Å². The maximum Gasteiger partial charge on any atom is 0.323 e. The van der Waals surface area contributed by atoms with E-state index in [9.17, 15) is 0 Å². The molecule has 0 saturated carbocycles. The Morgan fingerprint density at radius 3 is 2.71 bits per heavy atom. The zero-order valence-corrected chi connectivity index (χ0v) is 12.9. The van der Waals surface area contributed by atoms with Crippen LogP contribution < -0.4 is 21.3 Å². The van der Waals surface area contributed by atoms with Crippen LogP contribution in [0, 0.1) is 6.92 Å². The Labute approximate surface area is 127 Å². The lowest BCUT2D eigenvalue weighted by molar-refractivity contribution is 0.292. The van der Waals surface area contributed by atoms with Crippen LogP contribution in [0.25, 0.3) is 0 Å². The fourth-order valence-corrected chi connectivity index (χ4v) is 2.23. The van der Waals surface area contributed by atoms with E-state index in [0.717, 1.165) is 23.5 Å². The number of rotatable bonds is 8. The molecular weight excluding hydrogens is 290 g/mol. The summed E-state index contributed by atoms with van der Waals surface area (Å²) < 4.78 is 5.40. The van der Waals surface area contributed by atoms with Gasteiger partial charge in [-0.2, -0.15) is 15.0 Å². The summed E-state index contributed by atoms with van der Waals surface area (Å²) in [5, 5.41) is 6.23. The third kappa shape index (κ3) is 4.80. The van der Waals surface area contributed by atoms with Crippen molar-refractivity contribution in [1.82, 2.24) is 19.9 Å². The van der Waals surface area contributed by atoms with Gasteiger partial charge in [-0.3, -0.25) is 5.43 Å². The molecule has 4 N–H and O–H groups in total. The molecule has 0 radical (unpaired) electrons. The van der Waals surface area contributed by atoms with Gasteiger partial charge < -0.3 is 10.1 Å². The molecule has 0 saturated heterocycles. The lowest BCUT2D eigenvalue weighted by atomic mass is 10.3. The van der Waals surface area contributed by atoms with E-state index in [0.29, 0.717) is 19.1 Å². The minimum Gasteiger partial charge on any atom is -0.463 e. The largest absolute Gasteiger partial charge is 0.463 e. The summed E-state index contributed by atoms with van der Waals surface area (Å²) in [6, 6.07) is 0.256. The van der Waals surface area contributed by atoms with E-state index >= 15 is 0 Å². The Kier molecular flexibility index (Phi) is 5.64. The topological polar surface area (TPSA) is 111 Å². The molecule has 0 aliphatic carbocycles. The van der Waals surface area contributed by atoms with E-state index in [1.807, 2.05) is 19.2 Å². The number of hydrogen-bond donors (Lipinski definition) is 3. The van der Waals surface area contributed by atoms with E-state index in [4.69, 9.17) is 10.6 Å². The highest BCUT2D eigenvalue weighted by molar-refractivity contribution is 7.09. The number of nitrogen functional groups attached to an aromatic ring is 1. The molecule has 9 heteroatoms. The molecule has 2 aromatic heterocycles. The lowest BCUT2D eigenvalue weighted by Gasteiger charge is -2.08. The van der Waals surface area contributed by atoms with Gasteiger partial charge in [-0.1, -0.05) is 6.92 Å². The quantitative estimate of drug-likeness (QED) is 0.495. The van der Waals surface area contributed by atoms with E-state index in [1.54, 1.807) is 11.3 Å². The number of nitrogens with two attached hydrogens (primary N) is 1. The van der Waals surface area contributed by atoms with Crippen LogP contribution in [0.2, 0.25) is 0 Å². The van der Waals surface area contributed by atoms with Crippen molar-refractivity contribution in [2.45, 2.75) is 26.7 Å². The number of hydrogen-bond acceptors (Lipinski definition) is 9. The highest BCUT2D eigenvalue weighted by atomic mass is 32.1.